The molecule has 0 unspecified atom stereocenters. The van der Waals surface area contributed by atoms with Gasteiger partial charge in [0.05, 0.1) is 6.61 Å². The lowest BCUT2D eigenvalue weighted by Gasteiger charge is -2.35. The number of hydrogen-bond donors (Lipinski definition) is 2. The summed E-state index contributed by atoms with van der Waals surface area (Å²) in [6, 6.07) is 5.56. The van der Waals surface area contributed by atoms with Gasteiger partial charge in [0.15, 0.2) is 6.29 Å². The fourth-order valence-corrected chi connectivity index (χ4v) is 2.23. The van der Waals surface area contributed by atoms with Crippen LogP contribution in [0.15, 0.2) is 18.2 Å². The van der Waals surface area contributed by atoms with Gasteiger partial charge < -0.3 is 15.7 Å². The van der Waals surface area contributed by atoms with Crippen molar-refractivity contribution in [2.45, 2.75) is 0 Å². The van der Waals surface area contributed by atoms with Gasteiger partial charge in [-0.2, -0.15) is 0 Å². The molecule has 3 N–H and O–H groups in total. The molecule has 18 heavy (non-hydrogen) atoms. The van der Waals surface area contributed by atoms with Gasteiger partial charge in [-0.3, -0.25) is 9.69 Å². The summed E-state index contributed by atoms with van der Waals surface area (Å²) in [6.07, 6.45) is 0.793. The van der Waals surface area contributed by atoms with Crippen LogP contribution in [0.2, 0.25) is 0 Å². The number of nitrogens with two attached hydrogens (primary N) is 1. The molecule has 1 aliphatic heterocycles. The predicted molar refractivity (Wildman–Crippen MR) is 72.0 cm³/mol. The van der Waals surface area contributed by atoms with Crippen LogP contribution in [0.5, 0.6) is 0 Å². The summed E-state index contributed by atoms with van der Waals surface area (Å²) < 4.78 is 0. The van der Waals surface area contributed by atoms with Gasteiger partial charge in [-0.15, -0.1) is 0 Å². The molecule has 0 bridgehead atoms. The lowest BCUT2D eigenvalue weighted by molar-refractivity contribution is 0.112. The molecule has 0 saturated carbocycles. The van der Waals surface area contributed by atoms with Gasteiger partial charge in [-0.1, -0.05) is 0 Å². The van der Waals surface area contributed by atoms with Crippen molar-refractivity contribution in [3.63, 3.8) is 0 Å². The zero-order valence-electron chi connectivity index (χ0n) is 10.4. The first-order valence-corrected chi connectivity index (χ1v) is 6.17. The van der Waals surface area contributed by atoms with Crippen molar-refractivity contribution in [3.8, 4) is 0 Å². The second kappa shape index (κ2) is 5.84. The SMILES string of the molecule is Nc1ccc(N2CCN(CCO)CC2)cc1C=O. The van der Waals surface area contributed by atoms with E-state index in [0.29, 0.717) is 11.3 Å². The second-order valence-corrected chi connectivity index (χ2v) is 4.48. The molecule has 1 fully saturated rings. The number of carbonyl (C=O) groups is 1. The van der Waals surface area contributed by atoms with Crippen molar-refractivity contribution in [2.75, 3.05) is 50.0 Å². The van der Waals surface area contributed by atoms with Gasteiger partial charge in [0, 0.05) is 49.7 Å². The molecule has 2 rings (SSSR count). The van der Waals surface area contributed by atoms with Crippen LogP contribution < -0.4 is 10.6 Å². The molecular weight excluding hydrogens is 230 g/mol. The minimum Gasteiger partial charge on any atom is -0.398 e. The number of carbonyl (C=O) groups excluding carboxylic acids is 1. The molecule has 0 aliphatic carbocycles. The van der Waals surface area contributed by atoms with Crippen LogP contribution in [-0.4, -0.2) is 55.6 Å². The van der Waals surface area contributed by atoms with Gasteiger partial charge in [-0.25, -0.2) is 0 Å². The average molecular weight is 249 g/mol. The highest BCUT2D eigenvalue weighted by molar-refractivity contribution is 5.85. The highest BCUT2D eigenvalue weighted by atomic mass is 16.3. The summed E-state index contributed by atoms with van der Waals surface area (Å²) in [5.41, 5.74) is 7.81. The molecule has 0 spiro atoms. The second-order valence-electron chi connectivity index (χ2n) is 4.48. The minimum absolute atomic E-state index is 0.206. The standard InChI is InChI=1S/C13H19N3O2/c14-13-2-1-12(9-11(13)10-18)16-5-3-15(4-6-16)7-8-17/h1-2,9-10,17H,3-8,14H2. The van der Waals surface area contributed by atoms with Crippen LogP contribution in [0.25, 0.3) is 0 Å². The number of rotatable bonds is 4. The van der Waals surface area contributed by atoms with E-state index in [4.69, 9.17) is 10.8 Å². The fourth-order valence-electron chi connectivity index (χ4n) is 2.23. The van der Waals surface area contributed by atoms with Crippen molar-refractivity contribution in [1.29, 1.82) is 0 Å². The Morgan fingerprint density at radius 1 is 1.28 bits per heavy atom. The molecule has 1 aliphatic rings. The maximum atomic E-state index is 10.9. The quantitative estimate of drug-likeness (QED) is 0.589. The topological polar surface area (TPSA) is 69.8 Å². The molecule has 0 aromatic heterocycles. The molecule has 5 heteroatoms. The van der Waals surface area contributed by atoms with Crippen LogP contribution in [0.4, 0.5) is 11.4 Å². The van der Waals surface area contributed by atoms with E-state index in [1.807, 2.05) is 12.1 Å². The van der Waals surface area contributed by atoms with Crippen molar-refractivity contribution in [2.24, 2.45) is 0 Å². The first-order chi connectivity index (χ1) is 8.74. The molecule has 0 amide bonds. The zero-order valence-corrected chi connectivity index (χ0v) is 10.4. The van der Waals surface area contributed by atoms with E-state index < -0.39 is 0 Å². The van der Waals surface area contributed by atoms with E-state index in [0.717, 1.165) is 44.7 Å². The third-order valence-electron chi connectivity index (χ3n) is 3.35. The number of aliphatic hydroxyl groups excluding tert-OH is 1. The summed E-state index contributed by atoms with van der Waals surface area (Å²) in [5.74, 6) is 0. The largest absolute Gasteiger partial charge is 0.398 e. The fraction of sp³-hybridized carbons (Fsp3) is 0.462. The summed E-state index contributed by atoms with van der Waals surface area (Å²) in [7, 11) is 0. The molecule has 0 atom stereocenters. The van der Waals surface area contributed by atoms with Gasteiger partial charge in [0.1, 0.15) is 0 Å². The Morgan fingerprint density at radius 2 is 2.00 bits per heavy atom. The average Bonchev–Trinajstić information content (AvgIpc) is 2.41. The number of anilines is 2. The Bertz CT molecular complexity index is 415. The molecule has 1 aromatic carbocycles. The van der Waals surface area contributed by atoms with E-state index in [2.05, 4.69) is 9.80 Å². The minimum atomic E-state index is 0.206. The Balaban J connectivity index is 2.03. The van der Waals surface area contributed by atoms with Crippen molar-refractivity contribution >= 4 is 17.7 Å². The Morgan fingerprint density at radius 3 is 2.61 bits per heavy atom. The summed E-state index contributed by atoms with van der Waals surface area (Å²) in [5, 5.41) is 8.89. The highest BCUT2D eigenvalue weighted by Gasteiger charge is 2.17. The van der Waals surface area contributed by atoms with Crippen LogP contribution in [0, 0.1) is 0 Å². The highest BCUT2D eigenvalue weighted by Crippen LogP contribution is 2.21. The van der Waals surface area contributed by atoms with E-state index in [1.165, 1.54) is 0 Å². The summed E-state index contributed by atoms with van der Waals surface area (Å²) in [4.78, 5) is 15.3. The van der Waals surface area contributed by atoms with Gasteiger partial charge >= 0.3 is 0 Å². The molecule has 98 valence electrons. The number of hydrogen-bond acceptors (Lipinski definition) is 5. The smallest absolute Gasteiger partial charge is 0.152 e. The van der Waals surface area contributed by atoms with Crippen LogP contribution in [0.3, 0.4) is 0 Å². The molecule has 1 aromatic rings. The Hall–Kier alpha value is -1.59. The van der Waals surface area contributed by atoms with Gasteiger partial charge in [0.25, 0.3) is 0 Å². The summed E-state index contributed by atoms with van der Waals surface area (Å²) in [6.45, 7) is 4.61. The van der Waals surface area contributed by atoms with Crippen LogP contribution in [0.1, 0.15) is 10.4 Å². The predicted octanol–water partition coefficient (Wildman–Crippen LogP) is 0.196. The van der Waals surface area contributed by atoms with Crippen molar-refractivity contribution < 1.29 is 9.90 Å². The lowest BCUT2D eigenvalue weighted by Crippen LogP contribution is -2.47. The van der Waals surface area contributed by atoms with Gasteiger partial charge in [-0.05, 0) is 18.2 Å². The first-order valence-electron chi connectivity index (χ1n) is 6.17. The van der Waals surface area contributed by atoms with E-state index in [1.54, 1.807) is 6.07 Å². The number of benzene rings is 1. The van der Waals surface area contributed by atoms with E-state index in [9.17, 15) is 4.79 Å². The number of aldehydes is 1. The number of nitrogen functional groups attached to an aromatic ring is 1. The third kappa shape index (κ3) is 2.80. The number of aliphatic hydroxyl groups is 1. The van der Waals surface area contributed by atoms with Crippen LogP contribution in [-0.2, 0) is 0 Å². The normalized spacial score (nSPS) is 16.8. The van der Waals surface area contributed by atoms with E-state index in [-0.39, 0.29) is 6.61 Å². The van der Waals surface area contributed by atoms with Crippen molar-refractivity contribution in [1.82, 2.24) is 4.90 Å². The number of nitrogens with zero attached hydrogens (tertiary/aromatic N) is 2. The number of β-amino-alcohol motifs (C(OH)–C–C–N with tert-alkyl or cyclic N) is 1. The first kappa shape index (κ1) is 12.9. The third-order valence-corrected chi connectivity index (χ3v) is 3.35. The van der Waals surface area contributed by atoms with E-state index >= 15 is 0 Å². The molecule has 1 saturated heterocycles. The molecule has 0 radical (unpaired) electrons. The molecule has 5 nitrogen and oxygen atoms in total. The summed E-state index contributed by atoms with van der Waals surface area (Å²) >= 11 is 0. The maximum Gasteiger partial charge on any atom is 0.152 e. The van der Waals surface area contributed by atoms with Crippen LogP contribution >= 0.6 is 0 Å². The molecular formula is C13H19N3O2. The number of piperazine rings is 1. The maximum absolute atomic E-state index is 10.9. The zero-order chi connectivity index (χ0) is 13.0. The molecule has 1 heterocycles. The Labute approximate surface area is 107 Å². The van der Waals surface area contributed by atoms with Gasteiger partial charge in [0.2, 0.25) is 0 Å². The Kier molecular flexibility index (Phi) is 4.17. The lowest BCUT2D eigenvalue weighted by atomic mass is 10.1. The monoisotopic (exact) mass is 249 g/mol. The van der Waals surface area contributed by atoms with Crippen molar-refractivity contribution in [3.05, 3.63) is 23.8 Å².